The van der Waals surface area contributed by atoms with Crippen LogP contribution in [0.15, 0.2) is 29.6 Å². The summed E-state index contributed by atoms with van der Waals surface area (Å²) in [6.07, 6.45) is 0. The summed E-state index contributed by atoms with van der Waals surface area (Å²) >= 11 is 7.73. The van der Waals surface area contributed by atoms with Crippen molar-refractivity contribution in [2.45, 2.75) is 13.0 Å². The quantitative estimate of drug-likeness (QED) is 0.882. The molecule has 2 aromatic rings. The van der Waals surface area contributed by atoms with Gasteiger partial charge < -0.3 is 5.32 Å². The number of hydrogen-bond donors (Lipinski definition) is 1. The average molecular weight is 270 g/mol. The minimum absolute atomic E-state index is 0.0156. The molecule has 1 heterocycles. The topological polar surface area (TPSA) is 12.0 Å². The van der Waals surface area contributed by atoms with E-state index in [1.54, 1.807) is 24.3 Å². The van der Waals surface area contributed by atoms with E-state index in [-0.39, 0.29) is 11.9 Å². The van der Waals surface area contributed by atoms with Gasteiger partial charge in [0.25, 0.3) is 0 Å². The molecule has 90 valence electrons. The normalized spacial score (nSPS) is 12.7. The highest BCUT2D eigenvalue weighted by Crippen LogP contribution is 2.33. The molecule has 1 aromatic heterocycles. The van der Waals surface area contributed by atoms with Crippen LogP contribution >= 0.6 is 22.9 Å². The predicted octanol–water partition coefficient (Wildman–Crippen LogP) is 4.16. The third-order valence-corrected chi connectivity index (χ3v) is 4.13. The Bertz CT molecular complexity index is 524. The van der Waals surface area contributed by atoms with Crippen LogP contribution in [0.3, 0.4) is 0 Å². The van der Waals surface area contributed by atoms with E-state index in [1.807, 2.05) is 24.6 Å². The fourth-order valence-corrected chi connectivity index (χ4v) is 3.11. The van der Waals surface area contributed by atoms with Crippen LogP contribution in [0.4, 0.5) is 4.39 Å². The largest absolute Gasteiger partial charge is 0.309 e. The highest BCUT2D eigenvalue weighted by atomic mass is 35.5. The van der Waals surface area contributed by atoms with Crippen molar-refractivity contribution in [3.63, 3.8) is 0 Å². The summed E-state index contributed by atoms with van der Waals surface area (Å²) in [4.78, 5) is 1.06. The molecule has 1 aromatic carbocycles. The third kappa shape index (κ3) is 2.51. The Morgan fingerprint density at radius 3 is 2.65 bits per heavy atom. The summed E-state index contributed by atoms with van der Waals surface area (Å²) in [5.41, 5.74) is 1.67. The van der Waals surface area contributed by atoms with Crippen molar-refractivity contribution in [2.24, 2.45) is 0 Å². The van der Waals surface area contributed by atoms with E-state index in [9.17, 15) is 4.39 Å². The van der Waals surface area contributed by atoms with Crippen molar-refractivity contribution in [3.8, 4) is 0 Å². The molecule has 1 N–H and O–H groups in total. The lowest BCUT2D eigenvalue weighted by Crippen LogP contribution is -2.17. The number of hydrogen-bond acceptors (Lipinski definition) is 2. The van der Waals surface area contributed by atoms with E-state index in [1.165, 1.54) is 6.07 Å². The lowest BCUT2D eigenvalue weighted by Gasteiger charge is -2.16. The summed E-state index contributed by atoms with van der Waals surface area (Å²) in [6, 6.07) is 7.03. The average Bonchev–Trinajstić information content (AvgIpc) is 2.71. The number of benzene rings is 1. The van der Waals surface area contributed by atoms with Gasteiger partial charge >= 0.3 is 0 Å². The van der Waals surface area contributed by atoms with Crippen molar-refractivity contribution in [1.82, 2.24) is 5.32 Å². The molecule has 0 fully saturated rings. The second kappa shape index (κ2) is 5.17. The highest BCUT2D eigenvalue weighted by Gasteiger charge is 2.17. The van der Waals surface area contributed by atoms with Gasteiger partial charge in [-0.1, -0.05) is 23.7 Å². The molecule has 0 aliphatic heterocycles. The van der Waals surface area contributed by atoms with Gasteiger partial charge in [-0.2, -0.15) is 0 Å². The van der Waals surface area contributed by atoms with Crippen LogP contribution in [-0.4, -0.2) is 7.05 Å². The van der Waals surface area contributed by atoms with Crippen LogP contribution < -0.4 is 5.32 Å². The SMILES string of the molecule is CNC(c1ccc(F)c(C)c1)c1sccc1Cl. The maximum atomic E-state index is 13.2. The van der Waals surface area contributed by atoms with Gasteiger partial charge in [0.05, 0.1) is 11.1 Å². The van der Waals surface area contributed by atoms with E-state index in [0.717, 1.165) is 15.5 Å². The molecule has 2 rings (SSSR count). The number of rotatable bonds is 3. The predicted molar refractivity (Wildman–Crippen MR) is 71.4 cm³/mol. The smallest absolute Gasteiger partial charge is 0.126 e. The fraction of sp³-hybridized carbons (Fsp3) is 0.231. The molecular weight excluding hydrogens is 257 g/mol. The van der Waals surface area contributed by atoms with Gasteiger partial charge in [0.2, 0.25) is 0 Å². The number of aryl methyl sites for hydroxylation is 1. The molecule has 0 aliphatic rings. The first-order chi connectivity index (χ1) is 8.13. The van der Waals surface area contributed by atoms with Crippen molar-refractivity contribution in [3.05, 3.63) is 56.5 Å². The van der Waals surface area contributed by atoms with E-state index in [0.29, 0.717) is 5.56 Å². The molecule has 1 unspecified atom stereocenters. The van der Waals surface area contributed by atoms with Crippen LogP contribution in [0.1, 0.15) is 22.0 Å². The molecule has 0 aliphatic carbocycles. The Labute approximate surface area is 109 Å². The maximum absolute atomic E-state index is 13.2. The lowest BCUT2D eigenvalue weighted by molar-refractivity contribution is 0.614. The van der Waals surface area contributed by atoms with Crippen molar-refractivity contribution < 1.29 is 4.39 Å². The molecule has 17 heavy (non-hydrogen) atoms. The lowest BCUT2D eigenvalue weighted by atomic mass is 10.0. The third-order valence-electron chi connectivity index (χ3n) is 2.71. The first-order valence-corrected chi connectivity index (χ1v) is 6.55. The van der Waals surface area contributed by atoms with Crippen LogP contribution in [0.5, 0.6) is 0 Å². The Morgan fingerprint density at radius 2 is 2.12 bits per heavy atom. The molecule has 0 saturated carbocycles. The van der Waals surface area contributed by atoms with Gasteiger partial charge in [-0.3, -0.25) is 0 Å². The zero-order valence-corrected chi connectivity index (χ0v) is 11.2. The highest BCUT2D eigenvalue weighted by molar-refractivity contribution is 7.10. The number of nitrogens with one attached hydrogen (secondary N) is 1. The van der Waals surface area contributed by atoms with E-state index in [4.69, 9.17) is 11.6 Å². The molecule has 0 spiro atoms. The van der Waals surface area contributed by atoms with Gasteiger partial charge in [-0.05, 0) is 42.6 Å². The fourth-order valence-electron chi connectivity index (χ4n) is 1.81. The minimum Gasteiger partial charge on any atom is -0.309 e. The van der Waals surface area contributed by atoms with Crippen molar-refractivity contribution >= 4 is 22.9 Å². The number of halogens is 2. The van der Waals surface area contributed by atoms with Crippen molar-refractivity contribution in [1.29, 1.82) is 0 Å². The second-order valence-corrected chi connectivity index (χ2v) is 5.22. The van der Waals surface area contributed by atoms with Crippen LogP contribution in [-0.2, 0) is 0 Å². The molecule has 4 heteroatoms. The van der Waals surface area contributed by atoms with E-state index in [2.05, 4.69) is 5.32 Å². The summed E-state index contributed by atoms with van der Waals surface area (Å²) in [5.74, 6) is -0.180. The molecular formula is C13H13ClFNS. The first-order valence-electron chi connectivity index (χ1n) is 5.29. The Hall–Kier alpha value is -0.900. The van der Waals surface area contributed by atoms with Crippen LogP contribution in [0.2, 0.25) is 5.02 Å². The van der Waals surface area contributed by atoms with Gasteiger partial charge in [-0.25, -0.2) is 4.39 Å². The van der Waals surface area contributed by atoms with Gasteiger partial charge in [0, 0.05) is 4.88 Å². The van der Waals surface area contributed by atoms with Gasteiger partial charge in [0.1, 0.15) is 5.82 Å². The number of thiophene rings is 1. The molecule has 0 amide bonds. The van der Waals surface area contributed by atoms with Gasteiger partial charge in [0.15, 0.2) is 0 Å². The van der Waals surface area contributed by atoms with E-state index < -0.39 is 0 Å². The standard InChI is InChI=1S/C13H13ClFNS/c1-8-7-9(3-4-11(8)15)12(16-2)13-10(14)5-6-17-13/h3-7,12,16H,1-2H3. The Morgan fingerprint density at radius 1 is 1.35 bits per heavy atom. The zero-order chi connectivity index (χ0) is 12.4. The van der Waals surface area contributed by atoms with E-state index >= 15 is 0 Å². The summed E-state index contributed by atoms with van der Waals surface area (Å²) in [7, 11) is 1.87. The van der Waals surface area contributed by atoms with Crippen LogP contribution in [0, 0.1) is 12.7 Å². The van der Waals surface area contributed by atoms with Crippen LogP contribution in [0.25, 0.3) is 0 Å². The molecule has 1 atom stereocenters. The molecule has 0 radical (unpaired) electrons. The van der Waals surface area contributed by atoms with Crippen molar-refractivity contribution in [2.75, 3.05) is 7.05 Å². The van der Waals surface area contributed by atoms with Gasteiger partial charge in [-0.15, -0.1) is 11.3 Å². The monoisotopic (exact) mass is 269 g/mol. The minimum atomic E-state index is -0.180. The molecule has 1 nitrogen and oxygen atoms in total. The summed E-state index contributed by atoms with van der Waals surface area (Å²) in [5, 5.41) is 5.92. The Kier molecular flexibility index (Phi) is 3.82. The summed E-state index contributed by atoms with van der Waals surface area (Å²) < 4.78 is 13.2. The maximum Gasteiger partial charge on any atom is 0.126 e. The second-order valence-electron chi connectivity index (χ2n) is 3.86. The Balaban J connectivity index is 2.42. The first kappa shape index (κ1) is 12.6. The molecule has 0 saturated heterocycles. The molecule has 0 bridgehead atoms. The zero-order valence-electron chi connectivity index (χ0n) is 9.63. The summed E-state index contributed by atoms with van der Waals surface area (Å²) in [6.45, 7) is 1.77.